The van der Waals surface area contributed by atoms with Gasteiger partial charge < -0.3 is 25.2 Å². The third-order valence-corrected chi connectivity index (χ3v) is 4.94. The monoisotopic (exact) mass is 511 g/mol. The fraction of sp³-hybridized carbons (Fsp3) is 0.632. The van der Waals surface area contributed by atoms with Crippen LogP contribution in [0.2, 0.25) is 5.02 Å². The molecule has 1 heterocycles. The minimum atomic E-state index is -0.126. The number of halogens is 2. The smallest absolute Gasteiger partial charge is 0.191 e. The molecular formula is C19H31ClIN3O3. The van der Waals surface area contributed by atoms with Crippen molar-refractivity contribution in [2.24, 2.45) is 10.4 Å². The molecule has 2 rings (SSSR count). The molecule has 8 heteroatoms. The third-order valence-electron chi connectivity index (χ3n) is 4.70. The van der Waals surface area contributed by atoms with Gasteiger partial charge in [0.2, 0.25) is 0 Å². The number of hydrogen-bond acceptors (Lipinski definition) is 4. The number of nitrogens with one attached hydrogen (secondary N) is 2. The summed E-state index contributed by atoms with van der Waals surface area (Å²) < 4.78 is 11.1. The molecule has 6 nitrogen and oxygen atoms in total. The first-order valence-electron chi connectivity index (χ1n) is 9.11. The summed E-state index contributed by atoms with van der Waals surface area (Å²) >= 11 is 6.08. The largest absolute Gasteiger partial charge is 0.396 e. The van der Waals surface area contributed by atoms with Crippen molar-refractivity contribution in [3.63, 3.8) is 0 Å². The average Bonchev–Trinajstić information content (AvgIpc) is 3.09. The summed E-state index contributed by atoms with van der Waals surface area (Å²) in [6.07, 6.45) is 1.51. The van der Waals surface area contributed by atoms with Crippen LogP contribution in [0.4, 0.5) is 0 Å². The minimum absolute atomic E-state index is 0. The van der Waals surface area contributed by atoms with Crippen LogP contribution in [-0.2, 0) is 9.47 Å². The van der Waals surface area contributed by atoms with E-state index in [1.807, 2.05) is 31.2 Å². The van der Waals surface area contributed by atoms with E-state index in [0.29, 0.717) is 31.1 Å². The lowest BCUT2D eigenvalue weighted by Gasteiger charge is -2.25. The standard InChI is InChI=1S/C19H30ClN3O3.HI/c1-3-21-18(23-13-19(7-9-24)8-10-26-14-19)22-12-17(25-2)15-5-4-6-16(20)11-15;/h4-6,11,17,24H,3,7-10,12-14H2,1-2H3,(H2,21,22,23);1H. The number of aliphatic hydroxyl groups is 1. The predicted molar refractivity (Wildman–Crippen MR) is 120 cm³/mol. The molecule has 1 aliphatic rings. The molecule has 0 aliphatic carbocycles. The van der Waals surface area contributed by atoms with Crippen LogP contribution in [0.5, 0.6) is 0 Å². The molecule has 1 aromatic carbocycles. The van der Waals surface area contributed by atoms with Crippen LogP contribution < -0.4 is 10.6 Å². The van der Waals surface area contributed by atoms with Gasteiger partial charge in [-0.15, -0.1) is 24.0 Å². The summed E-state index contributed by atoms with van der Waals surface area (Å²) in [7, 11) is 1.68. The maximum Gasteiger partial charge on any atom is 0.191 e. The van der Waals surface area contributed by atoms with E-state index in [1.165, 1.54) is 0 Å². The van der Waals surface area contributed by atoms with Crippen LogP contribution in [0.15, 0.2) is 29.3 Å². The highest BCUT2D eigenvalue weighted by molar-refractivity contribution is 14.0. The number of hydrogen-bond donors (Lipinski definition) is 3. The highest BCUT2D eigenvalue weighted by Gasteiger charge is 2.34. The lowest BCUT2D eigenvalue weighted by Crippen LogP contribution is -2.41. The summed E-state index contributed by atoms with van der Waals surface area (Å²) in [6, 6.07) is 7.67. The van der Waals surface area contributed by atoms with Gasteiger partial charge in [0.25, 0.3) is 0 Å². The Morgan fingerprint density at radius 2 is 2.26 bits per heavy atom. The van der Waals surface area contributed by atoms with Gasteiger partial charge in [-0.3, -0.25) is 4.99 Å². The molecule has 0 amide bonds. The molecule has 2 atom stereocenters. The number of aliphatic imine (C=N–C) groups is 1. The van der Waals surface area contributed by atoms with Crippen molar-refractivity contribution in [1.29, 1.82) is 0 Å². The molecule has 1 fully saturated rings. The number of rotatable bonds is 9. The molecule has 2 unspecified atom stereocenters. The van der Waals surface area contributed by atoms with Crippen LogP contribution in [0.25, 0.3) is 0 Å². The summed E-state index contributed by atoms with van der Waals surface area (Å²) in [4.78, 5) is 4.73. The number of benzene rings is 1. The number of guanidine groups is 1. The van der Waals surface area contributed by atoms with Gasteiger partial charge in [-0.2, -0.15) is 0 Å². The van der Waals surface area contributed by atoms with E-state index >= 15 is 0 Å². The lowest BCUT2D eigenvalue weighted by molar-refractivity contribution is 0.106. The zero-order valence-corrected chi connectivity index (χ0v) is 19.1. The van der Waals surface area contributed by atoms with Gasteiger partial charge in [0.1, 0.15) is 0 Å². The molecule has 1 saturated heterocycles. The second kappa shape index (κ2) is 12.8. The van der Waals surface area contributed by atoms with E-state index in [9.17, 15) is 5.11 Å². The van der Waals surface area contributed by atoms with E-state index in [2.05, 4.69) is 10.6 Å². The quantitative estimate of drug-likeness (QED) is 0.270. The number of nitrogens with zero attached hydrogens (tertiary/aromatic N) is 1. The van der Waals surface area contributed by atoms with Gasteiger partial charge in [-0.05, 0) is 37.5 Å². The Kier molecular flexibility index (Phi) is 11.6. The van der Waals surface area contributed by atoms with E-state index in [4.69, 9.17) is 26.1 Å². The Morgan fingerprint density at radius 3 is 2.85 bits per heavy atom. The zero-order valence-electron chi connectivity index (χ0n) is 16.0. The number of ether oxygens (including phenoxy) is 2. The van der Waals surface area contributed by atoms with Gasteiger partial charge in [0.15, 0.2) is 5.96 Å². The SMILES string of the molecule is CCNC(=NCC1(CCO)CCOC1)NCC(OC)c1cccc(Cl)c1.I. The Labute approximate surface area is 184 Å². The Morgan fingerprint density at radius 1 is 1.44 bits per heavy atom. The highest BCUT2D eigenvalue weighted by atomic mass is 127. The average molecular weight is 512 g/mol. The molecule has 0 saturated carbocycles. The first-order valence-corrected chi connectivity index (χ1v) is 9.49. The van der Waals surface area contributed by atoms with Crippen molar-refractivity contribution in [3.05, 3.63) is 34.9 Å². The van der Waals surface area contributed by atoms with E-state index in [0.717, 1.165) is 31.1 Å². The summed E-state index contributed by atoms with van der Waals surface area (Å²) in [6.45, 7) is 5.54. The highest BCUT2D eigenvalue weighted by Crippen LogP contribution is 2.32. The van der Waals surface area contributed by atoms with Crippen LogP contribution in [0.3, 0.4) is 0 Å². The van der Waals surface area contributed by atoms with Gasteiger partial charge in [0.05, 0.1) is 19.3 Å². The Balaban J connectivity index is 0.00000364. The van der Waals surface area contributed by atoms with Crippen molar-refractivity contribution < 1.29 is 14.6 Å². The maximum absolute atomic E-state index is 9.35. The molecular weight excluding hydrogens is 481 g/mol. The fourth-order valence-corrected chi connectivity index (χ4v) is 3.31. The Bertz CT molecular complexity index is 583. The van der Waals surface area contributed by atoms with Gasteiger partial charge in [0, 0.05) is 43.9 Å². The second-order valence-corrected chi connectivity index (χ2v) is 7.07. The van der Waals surface area contributed by atoms with Gasteiger partial charge in [-0.1, -0.05) is 23.7 Å². The molecule has 27 heavy (non-hydrogen) atoms. The first kappa shape index (κ1) is 24.4. The predicted octanol–water partition coefficient (Wildman–Crippen LogP) is 2.99. The molecule has 0 bridgehead atoms. The first-order chi connectivity index (χ1) is 12.6. The van der Waals surface area contributed by atoms with Crippen molar-refractivity contribution in [2.45, 2.75) is 25.9 Å². The van der Waals surface area contributed by atoms with Crippen molar-refractivity contribution in [3.8, 4) is 0 Å². The molecule has 3 N–H and O–H groups in total. The normalized spacial score (nSPS) is 20.8. The van der Waals surface area contributed by atoms with E-state index in [-0.39, 0.29) is 42.1 Å². The fourth-order valence-electron chi connectivity index (χ4n) is 3.11. The van der Waals surface area contributed by atoms with Crippen LogP contribution in [-0.4, -0.2) is 57.6 Å². The van der Waals surface area contributed by atoms with Gasteiger partial charge in [-0.25, -0.2) is 0 Å². The minimum Gasteiger partial charge on any atom is -0.396 e. The van der Waals surface area contributed by atoms with Crippen LogP contribution in [0.1, 0.15) is 31.4 Å². The third kappa shape index (κ3) is 7.73. The number of aliphatic hydroxyl groups excluding tert-OH is 1. The van der Waals surface area contributed by atoms with Crippen LogP contribution >= 0.6 is 35.6 Å². The van der Waals surface area contributed by atoms with Gasteiger partial charge >= 0.3 is 0 Å². The molecule has 154 valence electrons. The Hall–Kier alpha value is -0.610. The van der Waals surface area contributed by atoms with E-state index < -0.39 is 0 Å². The molecule has 1 aliphatic heterocycles. The summed E-state index contributed by atoms with van der Waals surface area (Å²) in [5.41, 5.74) is 0.953. The van der Waals surface area contributed by atoms with Crippen molar-refractivity contribution >= 4 is 41.5 Å². The zero-order chi connectivity index (χ0) is 18.8. The molecule has 1 aromatic rings. The topological polar surface area (TPSA) is 75.1 Å². The van der Waals surface area contributed by atoms with Crippen LogP contribution in [0, 0.1) is 5.41 Å². The lowest BCUT2D eigenvalue weighted by atomic mass is 9.84. The van der Waals surface area contributed by atoms with E-state index in [1.54, 1.807) is 7.11 Å². The molecule has 0 spiro atoms. The molecule has 0 radical (unpaired) electrons. The number of methoxy groups -OCH3 is 1. The molecule has 0 aromatic heterocycles. The summed E-state index contributed by atoms with van der Waals surface area (Å²) in [5.74, 6) is 0.737. The maximum atomic E-state index is 9.35. The summed E-state index contributed by atoms with van der Waals surface area (Å²) in [5, 5.41) is 16.6. The second-order valence-electron chi connectivity index (χ2n) is 6.63. The van der Waals surface area contributed by atoms with Crippen molar-refractivity contribution in [2.75, 3.05) is 46.6 Å². The van der Waals surface area contributed by atoms with Crippen molar-refractivity contribution in [1.82, 2.24) is 10.6 Å².